The van der Waals surface area contributed by atoms with Gasteiger partial charge in [0.05, 0.1) is 17.2 Å². The van der Waals surface area contributed by atoms with Crippen molar-refractivity contribution in [2.24, 2.45) is 5.73 Å². The number of carbonyl (C=O) groups is 2. The largest absolute Gasteiger partial charge is 0.370 e. The van der Waals surface area contributed by atoms with Crippen LogP contribution in [0.25, 0.3) is 0 Å². The quantitative estimate of drug-likeness (QED) is 0.703. The van der Waals surface area contributed by atoms with Gasteiger partial charge in [0.15, 0.2) is 0 Å². The topological polar surface area (TPSA) is 82.8 Å². The van der Waals surface area contributed by atoms with E-state index in [9.17, 15) is 14.0 Å². The number of nitrogens with two attached hydrogens (primary N) is 1. The second-order valence-corrected chi connectivity index (χ2v) is 8.21. The van der Waals surface area contributed by atoms with E-state index in [1.807, 2.05) is 6.92 Å². The molecule has 7 nitrogen and oxygen atoms in total. The molecule has 0 bridgehead atoms. The second-order valence-electron chi connectivity index (χ2n) is 7.15. The Morgan fingerprint density at radius 2 is 1.83 bits per heavy atom. The van der Waals surface area contributed by atoms with E-state index in [-0.39, 0.29) is 31.2 Å². The molecule has 1 aromatic carbocycles. The third-order valence-corrected chi connectivity index (χ3v) is 5.72. The Hall–Kier alpha value is -2.36. The van der Waals surface area contributed by atoms with Gasteiger partial charge in [-0.3, -0.25) is 19.4 Å². The van der Waals surface area contributed by atoms with Crippen molar-refractivity contribution in [1.82, 2.24) is 14.8 Å². The van der Waals surface area contributed by atoms with Crippen LogP contribution in [0.2, 0.25) is 0 Å². The molecule has 29 heavy (non-hydrogen) atoms. The van der Waals surface area contributed by atoms with Crippen LogP contribution in [0, 0.1) is 12.7 Å². The van der Waals surface area contributed by atoms with E-state index in [1.54, 1.807) is 23.5 Å². The molecule has 0 radical (unpaired) electrons. The minimum atomic E-state index is -0.476. The normalized spacial score (nSPS) is 15.4. The van der Waals surface area contributed by atoms with Crippen molar-refractivity contribution in [3.05, 3.63) is 46.2 Å². The van der Waals surface area contributed by atoms with Crippen LogP contribution in [-0.2, 0) is 16.1 Å². The van der Waals surface area contributed by atoms with Crippen molar-refractivity contribution in [2.45, 2.75) is 19.9 Å². The lowest BCUT2D eigenvalue weighted by Gasteiger charge is -2.35. The molecule has 2 amide bonds. The Balaban J connectivity index is 1.55. The van der Waals surface area contributed by atoms with Crippen molar-refractivity contribution in [3.63, 3.8) is 0 Å². The fourth-order valence-electron chi connectivity index (χ4n) is 3.33. The molecule has 0 saturated carbocycles. The summed E-state index contributed by atoms with van der Waals surface area (Å²) in [5, 5.41) is 3.16. The zero-order chi connectivity index (χ0) is 20.8. The number of nitrogens with zero attached hydrogens (tertiary/aromatic N) is 4. The Morgan fingerprint density at radius 3 is 2.41 bits per heavy atom. The molecule has 0 atom stereocenters. The molecule has 3 rings (SSSR count). The summed E-state index contributed by atoms with van der Waals surface area (Å²) in [5.74, 6) is -0.972. The van der Waals surface area contributed by atoms with E-state index in [0.717, 1.165) is 43.4 Å². The van der Waals surface area contributed by atoms with Gasteiger partial charge in [0, 0.05) is 56.8 Å². The Kier molecular flexibility index (Phi) is 7.29. The van der Waals surface area contributed by atoms with Crippen molar-refractivity contribution in [2.75, 3.05) is 44.2 Å². The maximum Gasteiger partial charge on any atom is 0.241 e. The molecule has 1 fully saturated rings. The lowest BCUT2D eigenvalue weighted by Crippen LogP contribution is -2.50. The van der Waals surface area contributed by atoms with Crippen LogP contribution < -0.4 is 10.6 Å². The summed E-state index contributed by atoms with van der Waals surface area (Å²) in [7, 11) is 0. The molecule has 0 unspecified atom stereocenters. The number of amides is 2. The monoisotopic (exact) mass is 419 g/mol. The van der Waals surface area contributed by atoms with E-state index in [1.165, 1.54) is 17.0 Å². The highest BCUT2D eigenvalue weighted by Crippen LogP contribution is 2.17. The molecular formula is C20H26FN5O2S. The number of benzene rings is 1. The van der Waals surface area contributed by atoms with Crippen molar-refractivity contribution < 1.29 is 14.0 Å². The SMILES string of the molecule is Cc1nc(CN2CCN(CC(=O)N(CCC(N)=O)c3ccc(F)cc3)CC2)cs1. The number of hydrogen-bond acceptors (Lipinski definition) is 6. The third kappa shape index (κ3) is 6.31. The van der Waals surface area contributed by atoms with Crippen LogP contribution in [0.1, 0.15) is 17.1 Å². The third-order valence-electron chi connectivity index (χ3n) is 4.90. The zero-order valence-electron chi connectivity index (χ0n) is 16.5. The van der Waals surface area contributed by atoms with E-state index in [2.05, 4.69) is 20.2 Å². The number of hydrogen-bond donors (Lipinski definition) is 1. The molecule has 1 aromatic heterocycles. The highest BCUT2D eigenvalue weighted by atomic mass is 32.1. The van der Waals surface area contributed by atoms with Gasteiger partial charge in [-0.05, 0) is 31.2 Å². The van der Waals surface area contributed by atoms with Gasteiger partial charge < -0.3 is 10.6 Å². The van der Waals surface area contributed by atoms with Gasteiger partial charge in [0.1, 0.15) is 5.82 Å². The average molecular weight is 420 g/mol. The highest BCUT2D eigenvalue weighted by molar-refractivity contribution is 7.09. The highest BCUT2D eigenvalue weighted by Gasteiger charge is 2.23. The lowest BCUT2D eigenvalue weighted by molar-refractivity contribution is -0.120. The summed E-state index contributed by atoms with van der Waals surface area (Å²) >= 11 is 1.66. The zero-order valence-corrected chi connectivity index (χ0v) is 17.3. The molecule has 0 spiro atoms. The first-order valence-electron chi connectivity index (χ1n) is 9.60. The van der Waals surface area contributed by atoms with Gasteiger partial charge in [-0.15, -0.1) is 11.3 Å². The lowest BCUT2D eigenvalue weighted by atomic mass is 10.2. The molecule has 1 saturated heterocycles. The first-order valence-corrected chi connectivity index (χ1v) is 10.5. The van der Waals surface area contributed by atoms with Gasteiger partial charge in [0.2, 0.25) is 11.8 Å². The fraction of sp³-hybridized carbons (Fsp3) is 0.450. The molecule has 0 aliphatic carbocycles. The van der Waals surface area contributed by atoms with Crippen LogP contribution in [0.4, 0.5) is 10.1 Å². The molecule has 2 aromatic rings. The molecule has 2 heterocycles. The van der Waals surface area contributed by atoms with Gasteiger partial charge in [-0.1, -0.05) is 0 Å². The summed E-state index contributed by atoms with van der Waals surface area (Å²) in [4.78, 5) is 34.5. The van der Waals surface area contributed by atoms with E-state index < -0.39 is 5.91 Å². The number of rotatable bonds is 8. The van der Waals surface area contributed by atoms with E-state index in [0.29, 0.717) is 5.69 Å². The number of primary amides is 1. The molecule has 156 valence electrons. The van der Waals surface area contributed by atoms with Gasteiger partial charge in [-0.2, -0.15) is 0 Å². The summed E-state index contributed by atoms with van der Waals surface area (Å²) in [6.45, 7) is 6.55. The number of piperazine rings is 1. The van der Waals surface area contributed by atoms with E-state index in [4.69, 9.17) is 5.73 Å². The first-order chi connectivity index (χ1) is 13.9. The van der Waals surface area contributed by atoms with Gasteiger partial charge >= 0.3 is 0 Å². The molecule has 1 aliphatic heterocycles. The molecule has 2 N–H and O–H groups in total. The minimum Gasteiger partial charge on any atom is -0.370 e. The average Bonchev–Trinajstić information content (AvgIpc) is 3.09. The fourth-order valence-corrected chi connectivity index (χ4v) is 3.94. The number of thiazole rings is 1. The molecule has 1 aliphatic rings. The van der Waals surface area contributed by atoms with Gasteiger partial charge in [-0.25, -0.2) is 9.37 Å². The molecule has 9 heteroatoms. The second kappa shape index (κ2) is 9.91. The number of halogens is 1. The predicted molar refractivity (Wildman–Crippen MR) is 111 cm³/mol. The predicted octanol–water partition coefficient (Wildman–Crippen LogP) is 1.62. The Labute approximate surface area is 173 Å². The Bertz CT molecular complexity index is 834. The number of anilines is 1. The van der Waals surface area contributed by atoms with Crippen molar-refractivity contribution in [3.8, 4) is 0 Å². The number of aromatic nitrogens is 1. The number of carbonyl (C=O) groups excluding carboxylic acids is 2. The van der Waals surface area contributed by atoms with Crippen LogP contribution in [0.5, 0.6) is 0 Å². The summed E-state index contributed by atoms with van der Waals surface area (Å²) < 4.78 is 13.2. The maximum absolute atomic E-state index is 13.2. The summed E-state index contributed by atoms with van der Waals surface area (Å²) in [6, 6.07) is 5.70. The minimum absolute atomic E-state index is 0.0595. The summed E-state index contributed by atoms with van der Waals surface area (Å²) in [5.41, 5.74) is 6.90. The van der Waals surface area contributed by atoms with Gasteiger partial charge in [0.25, 0.3) is 0 Å². The number of aryl methyl sites for hydroxylation is 1. The smallest absolute Gasteiger partial charge is 0.241 e. The van der Waals surface area contributed by atoms with Crippen LogP contribution >= 0.6 is 11.3 Å². The maximum atomic E-state index is 13.2. The van der Waals surface area contributed by atoms with Crippen LogP contribution in [0.3, 0.4) is 0 Å². The molecular weight excluding hydrogens is 393 g/mol. The van der Waals surface area contributed by atoms with Crippen molar-refractivity contribution in [1.29, 1.82) is 0 Å². The van der Waals surface area contributed by atoms with E-state index >= 15 is 0 Å². The standard InChI is InChI=1S/C20H26FN5O2S/c1-15-23-17(14-29-15)12-24-8-10-25(11-9-24)13-20(28)26(7-6-19(22)27)18-4-2-16(21)3-5-18/h2-5,14H,6-13H2,1H3,(H2,22,27). The first kappa shape index (κ1) is 21.4. The van der Waals surface area contributed by atoms with Crippen LogP contribution in [-0.4, -0.2) is 65.9 Å². The Morgan fingerprint density at radius 1 is 1.17 bits per heavy atom. The van der Waals surface area contributed by atoms with Crippen LogP contribution in [0.15, 0.2) is 29.6 Å². The van der Waals surface area contributed by atoms with Crippen molar-refractivity contribution >= 4 is 28.8 Å². The summed E-state index contributed by atoms with van der Waals surface area (Å²) in [6.07, 6.45) is 0.0595.